The van der Waals surface area contributed by atoms with E-state index >= 15 is 0 Å². The van der Waals surface area contributed by atoms with Crippen molar-refractivity contribution >= 4 is 23.6 Å². The lowest BCUT2D eigenvalue weighted by Crippen LogP contribution is -2.36. The normalized spacial score (nSPS) is 11.9. The van der Waals surface area contributed by atoms with E-state index < -0.39 is 5.97 Å². The van der Waals surface area contributed by atoms with Crippen LogP contribution in [-0.2, 0) is 20.9 Å². The highest BCUT2D eigenvalue weighted by molar-refractivity contribution is 5.95. The van der Waals surface area contributed by atoms with E-state index in [1.165, 1.54) is 6.08 Å². The predicted molar refractivity (Wildman–Crippen MR) is 132 cm³/mol. The van der Waals surface area contributed by atoms with Crippen molar-refractivity contribution in [1.29, 1.82) is 0 Å². The second-order valence-electron chi connectivity index (χ2n) is 7.83. The van der Waals surface area contributed by atoms with Gasteiger partial charge < -0.3 is 19.5 Å². The fraction of sp³-hybridized carbons (Fsp3) is 0.222. The summed E-state index contributed by atoms with van der Waals surface area (Å²) in [5, 5.41) is 8.92. The Morgan fingerprint density at radius 2 is 1.79 bits per heavy atom. The zero-order valence-electron chi connectivity index (χ0n) is 19.5. The molecule has 0 aliphatic carbocycles. The van der Waals surface area contributed by atoms with Gasteiger partial charge in [-0.3, -0.25) is 4.79 Å². The predicted octanol–water partition coefficient (Wildman–Crippen LogP) is 4.67. The number of pyridine rings is 1. The molecule has 1 amide bonds. The van der Waals surface area contributed by atoms with E-state index in [1.54, 1.807) is 43.5 Å². The average molecular weight is 461 g/mol. The summed E-state index contributed by atoms with van der Waals surface area (Å²) >= 11 is 0. The van der Waals surface area contributed by atoms with E-state index in [0.29, 0.717) is 30.3 Å². The number of methoxy groups -OCH3 is 2. The number of aliphatic carboxylic acids is 1. The molecule has 1 N–H and O–H groups in total. The van der Waals surface area contributed by atoms with Crippen molar-refractivity contribution in [2.45, 2.75) is 13.5 Å². The lowest BCUT2D eigenvalue weighted by molar-refractivity contribution is -0.131. The van der Waals surface area contributed by atoms with Crippen LogP contribution in [0.3, 0.4) is 0 Å². The van der Waals surface area contributed by atoms with E-state index in [0.717, 1.165) is 22.8 Å². The van der Waals surface area contributed by atoms with Gasteiger partial charge in [-0.2, -0.15) is 0 Å². The van der Waals surface area contributed by atoms with Gasteiger partial charge in [-0.05, 0) is 41.0 Å². The fourth-order valence-electron chi connectivity index (χ4n) is 3.50. The van der Waals surface area contributed by atoms with E-state index in [9.17, 15) is 9.59 Å². The number of rotatable bonds is 10. The molecule has 1 unspecified atom stereocenters. The van der Waals surface area contributed by atoms with Crippen molar-refractivity contribution in [1.82, 2.24) is 4.98 Å². The molecular formula is C27H28N2O5. The summed E-state index contributed by atoms with van der Waals surface area (Å²) in [6.45, 7) is 2.49. The zero-order chi connectivity index (χ0) is 24.5. The molecule has 7 nitrogen and oxygen atoms in total. The molecule has 0 saturated heterocycles. The zero-order valence-corrected chi connectivity index (χ0v) is 19.5. The molecule has 0 aliphatic heterocycles. The molecule has 0 spiro atoms. The third-order valence-electron chi connectivity index (χ3n) is 5.28. The Morgan fingerprint density at radius 1 is 1.06 bits per heavy atom. The van der Waals surface area contributed by atoms with Crippen molar-refractivity contribution in [2.24, 2.45) is 5.92 Å². The standard InChI is InChI=1S/C27H28N2O5/c1-19(18-33-2)27(32)29(24-6-4-5-20(15-24)9-14-26(30)31)17-21-7-10-22(11-8-21)23-12-13-25(34-3)28-16-23/h4-16,19H,17-18H2,1-3H3,(H,30,31). The summed E-state index contributed by atoms with van der Waals surface area (Å²) < 4.78 is 10.3. The Hall–Kier alpha value is -3.97. The average Bonchev–Trinajstić information content (AvgIpc) is 2.86. The first-order valence-corrected chi connectivity index (χ1v) is 10.8. The highest BCUT2D eigenvalue weighted by atomic mass is 16.5. The van der Waals surface area contributed by atoms with Crippen LogP contribution in [0.25, 0.3) is 17.2 Å². The number of anilines is 1. The minimum absolute atomic E-state index is 0.0790. The van der Waals surface area contributed by atoms with E-state index in [1.807, 2.05) is 49.4 Å². The Morgan fingerprint density at radius 3 is 2.41 bits per heavy atom. The molecule has 0 aliphatic rings. The van der Waals surface area contributed by atoms with Gasteiger partial charge in [-0.1, -0.05) is 43.3 Å². The van der Waals surface area contributed by atoms with Crippen LogP contribution in [0.2, 0.25) is 0 Å². The number of carbonyl (C=O) groups is 2. The van der Waals surface area contributed by atoms with Crippen LogP contribution in [0.1, 0.15) is 18.1 Å². The van der Waals surface area contributed by atoms with Crippen LogP contribution in [0.4, 0.5) is 5.69 Å². The number of carboxylic acids is 1. The molecule has 34 heavy (non-hydrogen) atoms. The highest BCUT2D eigenvalue weighted by Gasteiger charge is 2.22. The van der Waals surface area contributed by atoms with Crippen LogP contribution in [0.5, 0.6) is 5.88 Å². The topological polar surface area (TPSA) is 89.0 Å². The molecule has 176 valence electrons. The maximum Gasteiger partial charge on any atom is 0.328 e. The van der Waals surface area contributed by atoms with Gasteiger partial charge in [0.05, 0.1) is 26.2 Å². The monoisotopic (exact) mass is 460 g/mol. The summed E-state index contributed by atoms with van der Waals surface area (Å²) in [4.78, 5) is 30.1. The van der Waals surface area contributed by atoms with Crippen LogP contribution < -0.4 is 9.64 Å². The van der Waals surface area contributed by atoms with Crippen LogP contribution in [-0.4, -0.2) is 42.8 Å². The summed E-state index contributed by atoms with van der Waals surface area (Å²) in [6, 6.07) is 18.9. The molecule has 7 heteroatoms. The maximum absolute atomic E-state index is 13.3. The largest absolute Gasteiger partial charge is 0.481 e. The maximum atomic E-state index is 13.3. The molecular weight excluding hydrogens is 432 g/mol. The molecule has 1 aromatic heterocycles. The number of hydrogen-bond acceptors (Lipinski definition) is 5. The Labute approximate surface area is 199 Å². The molecule has 1 heterocycles. The molecule has 3 aromatic rings. The number of hydrogen-bond donors (Lipinski definition) is 1. The molecule has 3 rings (SSSR count). The van der Waals surface area contributed by atoms with Crippen molar-refractivity contribution < 1.29 is 24.2 Å². The molecule has 0 saturated carbocycles. The molecule has 0 radical (unpaired) electrons. The van der Waals surface area contributed by atoms with Gasteiger partial charge >= 0.3 is 5.97 Å². The number of carbonyl (C=O) groups excluding carboxylic acids is 1. The minimum atomic E-state index is -1.03. The molecule has 0 bridgehead atoms. The SMILES string of the molecule is COCC(C)C(=O)N(Cc1ccc(-c2ccc(OC)nc2)cc1)c1cccc(C=CC(=O)O)c1. The molecule has 1 atom stereocenters. The summed E-state index contributed by atoms with van der Waals surface area (Å²) in [5.74, 6) is -0.892. The quantitative estimate of drug-likeness (QED) is 0.442. The first kappa shape index (κ1) is 24.7. The van der Waals surface area contributed by atoms with Gasteiger partial charge in [-0.15, -0.1) is 0 Å². The van der Waals surface area contributed by atoms with Gasteiger partial charge in [0, 0.05) is 36.7 Å². The lowest BCUT2D eigenvalue weighted by Gasteiger charge is -2.26. The van der Waals surface area contributed by atoms with Gasteiger partial charge in [0.25, 0.3) is 0 Å². The van der Waals surface area contributed by atoms with Crippen molar-refractivity contribution in [3.63, 3.8) is 0 Å². The lowest BCUT2D eigenvalue weighted by atomic mass is 10.0. The second-order valence-corrected chi connectivity index (χ2v) is 7.83. The van der Waals surface area contributed by atoms with Gasteiger partial charge in [0.2, 0.25) is 11.8 Å². The summed E-state index contributed by atoms with van der Waals surface area (Å²) in [5.41, 5.74) is 4.30. The highest BCUT2D eigenvalue weighted by Crippen LogP contribution is 2.25. The third-order valence-corrected chi connectivity index (χ3v) is 5.28. The van der Waals surface area contributed by atoms with Crippen LogP contribution >= 0.6 is 0 Å². The van der Waals surface area contributed by atoms with Crippen molar-refractivity contribution in [2.75, 3.05) is 25.7 Å². The van der Waals surface area contributed by atoms with E-state index in [4.69, 9.17) is 14.6 Å². The van der Waals surface area contributed by atoms with Crippen LogP contribution in [0, 0.1) is 5.92 Å². The van der Waals surface area contributed by atoms with Gasteiger partial charge in [0.1, 0.15) is 0 Å². The minimum Gasteiger partial charge on any atom is -0.481 e. The molecule has 2 aromatic carbocycles. The Bertz CT molecular complexity index is 1140. The summed E-state index contributed by atoms with van der Waals surface area (Å²) in [6.07, 6.45) is 4.34. The van der Waals surface area contributed by atoms with E-state index in [-0.39, 0.29) is 11.8 Å². The fourth-order valence-corrected chi connectivity index (χ4v) is 3.50. The number of carboxylic acid groups (broad SMARTS) is 1. The number of benzene rings is 2. The molecule has 0 fully saturated rings. The third kappa shape index (κ3) is 6.52. The Kier molecular flexibility index (Phi) is 8.54. The van der Waals surface area contributed by atoms with Gasteiger partial charge in [-0.25, -0.2) is 9.78 Å². The van der Waals surface area contributed by atoms with Crippen molar-refractivity contribution in [3.05, 3.63) is 84.1 Å². The van der Waals surface area contributed by atoms with E-state index in [2.05, 4.69) is 4.98 Å². The van der Waals surface area contributed by atoms with Gasteiger partial charge in [0.15, 0.2) is 0 Å². The smallest absolute Gasteiger partial charge is 0.328 e. The first-order chi connectivity index (χ1) is 16.4. The number of amides is 1. The number of aromatic nitrogens is 1. The Balaban J connectivity index is 1.87. The number of ether oxygens (including phenoxy) is 2. The number of nitrogens with zero attached hydrogens (tertiary/aromatic N) is 2. The van der Waals surface area contributed by atoms with Crippen molar-refractivity contribution in [3.8, 4) is 17.0 Å². The second kappa shape index (κ2) is 11.8. The van der Waals surface area contributed by atoms with Crippen LogP contribution in [0.15, 0.2) is 72.9 Å². The summed E-state index contributed by atoms with van der Waals surface area (Å²) in [7, 11) is 3.15. The first-order valence-electron chi connectivity index (χ1n) is 10.8.